The molecule has 0 N–H and O–H groups in total. The van der Waals surface area contributed by atoms with Gasteiger partial charge >= 0.3 is 0 Å². The molecular weight excluding hydrogens is 683 g/mol. The highest BCUT2D eigenvalue weighted by Crippen LogP contribution is 2.42. The Kier molecular flexibility index (Phi) is 11.1. The van der Waals surface area contributed by atoms with Crippen molar-refractivity contribution >= 4 is 52.2 Å². The largest absolute Gasteiger partial charge is 0.289 e. The maximum Gasteiger partial charge on any atom is 0.186 e. The van der Waals surface area contributed by atoms with Crippen molar-refractivity contribution in [3.63, 3.8) is 0 Å². The van der Waals surface area contributed by atoms with Gasteiger partial charge in [-0.05, 0) is 81.4 Å². The Balaban J connectivity index is 1.77. The predicted molar refractivity (Wildman–Crippen MR) is 210 cm³/mol. The molecule has 0 fully saturated rings. The summed E-state index contributed by atoms with van der Waals surface area (Å²) in [4.78, 5) is 26.7. The van der Waals surface area contributed by atoms with E-state index in [4.69, 9.17) is 7.85 Å². The number of hydrogen-bond donors (Lipinski definition) is 0. The molecule has 50 heavy (non-hydrogen) atoms. The van der Waals surface area contributed by atoms with E-state index < -0.39 is 0 Å². The number of ketones is 2. The Morgan fingerprint density at radius 1 is 0.540 bits per heavy atom. The molecule has 0 amide bonds. The lowest BCUT2D eigenvalue weighted by Gasteiger charge is -2.31. The minimum absolute atomic E-state index is 0.0696. The summed E-state index contributed by atoms with van der Waals surface area (Å²) in [5, 5.41) is 18.2. The third-order valence-corrected chi connectivity index (χ3v) is 8.96. The standard InChI is InChI=1S/C42H48BBrN4O2/c1-39(2,3)31-17-25(18-32(37(31)49)40(4,5)6)23-45-47-35-15-13-27(43)21-29(35)30-22-28(44)14-16-36(30)48-46-24-26-19-33(41(7,8)9)38(50)34(20-26)42(10,11)12/h13-24H,1-12H3. The highest BCUT2D eigenvalue weighted by Gasteiger charge is 2.35. The zero-order valence-electron chi connectivity index (χ0n) is 31.5. The molecule has 8 heteroatoms. The first-order chi connectivity index (χ1) is 23.0. The zero-order chi connectivity index (χ0) is 37.4. The van der Waals surface area contributed by atoms with Gasteiger partial charge in [0.15, 0.2) is 11.6 Å². The number of rotatable bonds is 5. The van der Waals surface area contributed by atoms with Crippen molar-refractivity contribution in [3.8, 4) is 11.1 Å². The number of allylic oxidation sites excluding steroid dienone is 10. The van der Waals surface area contributed by atoms with Crippen molar-refractivity contribution in [3.05, 3.63) is 111 Å². The van der Waals surface area contributed by atoms with E-state index in [0.717, 1.165) is 49.0 Å². The molecule has 0 spiro atoms. The van der Waals surface area contributed by atoms with Crippen LogP contribution < -0.4 is 5.46 Å². The lowest BCUT2D eigenvalue weighted by molar-refractivity contribution is -0.114. The summed E-state index contributed by atoms with van der Waals surface area (Å²) in [5.74, 6) is 0.141. The first-order valence-corrected chi connectivity index (χ1v) is 17.7. The summed E-state index contributed by atoms with van der Waals surface area (Å²) in [5.41, 5.74) is 6.57. The summed E-state index contributed by atoms with van der Waals surface area (Å²) in [6, 6.07) is 11.2. The van der Waals surface area contributed by atoms with Crippen LogP contribution in [0, 0.1) is 21.7 Å². The summed E-state index contributed by atoms with van der Waals surface area (Å²) in [7, 11) is 6.28. The van der Waals surface area contributed by atoms with Crippen molar-refractivity contribution in [1.29, 1.82) is 0 Å². The second kappa shape index (κ2) is 14.3. The van der Waals surface area contributed by atoms with Gasteiger partial charge in [-0.3, -0.25) is 9.59 Å². The highest BCUT2D eigenvalue weighted by molar-refractivity contribution is 9.10. The van der Waals surface area contributed by atoms with Crippen molar-refractivity contribution in [2.24, 2.45) is 42.1 Å². The topological polar surface area (TPSA) is 83.6 Å². The Morgan fingerprint density at radius 2 is 0.880 bits per heavy atom. The van der Waals surface area contributed by atoms with Crippen LogP contribution in [0.4, 0.5) is 11.4 Å². The maximum atomic E-state index is 13.4. The van der Waals surface area contributed by atoms with Gasteiger partial charge in [0.25, 0.3) is 0 Å². The fourth-order valence-electron chi connectivity index (χ4n) is 5.66. The molecule has 6 nitrogen and oxygen atoms in total. The zero-order valence-corrected chi connectivity index (χ0v) is 33.1. The summed E-state index contributed by atoms with van der Waals surface area (Å²) >= 11 is 3.61. The molecule has 2 aromatic rings. The van der Waals surface area contributed by atoms with Crippen LogP contribution in [0.3, 0.4) is 0 Å². The fraction of sp³-hybridized carbons (Fsp3) is 0.381. The monoisotopic (exact) mass is 730 g/mol. The molecule has 2 aliphatic rings. The van der Waals surface area contributed by atoms with Crippen LogP contribution in [0.15, 0.2) is 131 Å². The number of carbonyl (C=O) groups excluding carboxylic acids is 2. The average molecular weight is 732 g/mol. The summed E-state index contributed by atoms with van der Waals surface area (Å²) < 4.78 is 0.852. The minimum atomic E-state index is -0.325. The molecule has 0 saturated carbocycles. The van der Waals surface area contributed by atoms with Gasteiger partial charge in [0, 0.05) is 37.9 Å². The smallest absolute Gasteiger partial charge is 0.186 e. The number of Topliss-reactive ketones (excluding diaryl/α,β-unsaturated/α-hetero) is 2. The fourth-order valence-corrected chi connectivity index (χ4v) is 6.02. The summed E-state index contributed by atoms with van der Waals surface area (Å²) in [6.07, 6.45) is 11.0. The molecule has 0 saturated heterocycles. The van der Waals surface area contributed by atoms with Crippen LogP contribution in [-0.2, 0) is 9.59 Å². The van der Waals surface area contributed by atoms with Crippen LogP contribution >= 0.6 is 15.9 Å². The van der Waals surface area contributed by atoms with E-state index in [-0.39, 0.29) is 33.2 Å². The van der Waals surface area contributed by atoms with Crippen LogP contribution in [0.2, 0.25) is 0 Å². The van der Waals surface area contributed by atoms with Crippen molar-refractivity contribution < 1.29 is 9.59 Å². The molecule has 0 aliphatic heterocycles. The third kappa shape index (κ3) is 9.19. The Hall–Kier alpha value is -4.04. The van der Waals surface area contributed by atoms with Gasteiger partial charge in [-0.25, -0.2) is 0 Å². The first-order valence-electron chi connectivity index (χ1n) is 16.9. The molecule has 2 aliphatic carbocycles. The molecular formula is C42H48BBrN4O2. The van der Waals surface area contributed by atoms with Gasteiger partial charge in [-0.15, -0.1) is 0 Å². The van der Waals surface area contributed by atoms with Gasteiger partial charge in [-0.1, -0.05) is 117 Å². The van der Waals surface area contributed by atoms with Crippen LogP contribution in [0.5, 0.6) is 0 Å². The Morgan fingerprint density at radius 3 is 1.24 bits per heavy atom. The molecule has 0 bridgehead atoms. The second-order valence-electron chi connectivity index (χ2n) is 17.0. The predicted octanol–water partition coefficient (Wildman–Crippen LogP) is 11.9. The number of nitrogens with zero attached hydrogens (tertiary/aromatic N) is 4. The van der Waals surface area contributed by atoms with Crippen molar-refractivity contribution in [2.75, 3.05) is 0 Å². The van der Waals surface area contributed by atoms with Gasteiger partial charge < -0.3 is 0 Å². The molecule has 0 unspecified atom stereocenters. The van der Waals surface area contributed by atoms with Gasteiger partial charge in [0.1, 0.15) is 7.85 Å². The molecule has 2 aromatic carbocycles. The number of halogens is 1. The molecule has 0 aromatic heterocycles. The average Bonchev–Trinajstić information content (AvgIpc) is 2.97. The molecule has 4 rings (SSSR count). The molecule has 258 valence electrons. The van der Waals surface area contributed by atoms with Crippen LogP contribution in [0.1, 0.15) is 83.1 Å². The van der Waals surface area contributed by atoms with E-state index in [1.165, 1.54) is 0 Å². The van der Waals surface area contributed by atoms with Crippen molar-refractivity contribution in [2.45, 2.75) is 83.1 Å². The SMILES string of the molecule is [B]c1ccc(N=NC=C2C=C(C(C)(C)C)C(=O)C(C(C)(C)C)=C2)c(-c2cc(Br)ccc2N=NC=C2C=C(C(C)(C)C)C(=O)C(C(C)(C)C)=C2)c1. The Labute approximate surface area is 308 Å². The highest BCUT2D eigenvalue weighted by atomic mass is 79.9. The van der Waals surface area contributed by atoms with Crippen molar-refractivity contribution in [1.82, 2.24) is 0 Å². The first kappa shape index (κ1) is 38.8. The lowest BCUT2D eigenvalue weighted by atomic mass is 9.72. The normalized spacial score (nSPS) is 16.5. The van der Waals surface area contributed by atoms with Gasteiger partial charge in [0.05, 0.1) is 23.8 Å². The van der Waals surface area contributed by atoms with E-state index in [0.29, 0.717) is 16.8 Å². The number of carbonyl (C=O) groups is 2. The quantitative estimate of drug-likeness (QED) is 0.227. The van der Waals surface area contributed by atoms with E-state index in [2.05, 4.69) is 36.4 Å². The molecule has 2 radical (unpaired) electrons. The van der Waals surface area contributed by atoms with E-state index in [1.54, 1.807) is 18.5 Å². The lowest BCUT2D eigenvalue weighted by Crippen LogP contribution is -2.27. The maximum absolute atomic E-state index is 13.4. The van der Waals surface area contributed by atoms with Crippen LogP contribution in [0.25, 0.3) is 11.1 Å². The van der Waals surface area contributed by atoms with Gasteiger partial charge in [0.2, 0.25) is 0 Å². The number of azo groups is 2. The Bertz CT molecular complexity index is 1760. The molecule has 0 heterocycles. The van der Waals surface area contributed by atoms with E-state index >= 15 is 0 Å². The second-order valence-corrected chi connectivity index (χ2v) is 17.9. The number of hydrogen-bond acceptors (Lipinski definition) is 6. The summed E-state index contributed by atoms with van der Waals surface area (Å²) in [6.45, 7) is 24.5. The number of benzene rings is 2. The van der Waals surface area contributed by atoms with E-state index in [1.807, 2.05) is 138 Å². The molecule has 0 atom stereocenters. The van der Waals surface area contributed by atoms with E-state index in [9.17, 15) is 9.59 Å². The minimum Gasteiger partial charge on any atom is -0.289 e. The third-order valence-electron chi connectivity index (χ3n) is 8.47. The van der Waals surface area contributed by atoms with Gasteiger partial charge in [-0.2, -0.15) is 20.5 Å². The van der Waals surface area contributed by atoms with Crippen LogP contribution in [-0.4, -0.2) is 19.4 Å².